The average molecular weight is 275 g/mol. The number of hydrogen-bond acceptors (Lipinski definition) is 3. The Hall–Kier alpha value is -1.62. The fraction of sp³-hybridized carbons (Fsp3) is 0.600. The predicted molar refractivity (Wildman–Crippen MR) is 80.7 cm³/mol. The highest BCUT2D eigenvalue weighted by atomic mass is 15.3. The minimum absolute atomic E-state index is 0.281. The van der Waals surface area contributed by atoms with Gasteiger partial charge in [-0.2, -0.15) is 10.2 Å². The second-order valence-electron chi connectivity index (χ2n) is 5.42. The Morgan fingerprint density at radius 2 is 1.85 bits per heavy atom. The first-order chi connectivity index (χ1) is 9.43. The molecule has 5 nitrogen and oxygen atoms in total. The molecule has 0 fully saturated rings. The van der Waals surface area contributed by atoms with Crippen molar-refractivity contribution in [2.45, 2.75) is 40.2 Å². The molecule has 0 aromatic carbocycles. The van der Waals surface area contributed by atoms with E-state index >= 15 is 0 Å². The van der Waals surface area contributed by atoms with Crippen LogP contribution in [0.3, 0.4) is 0 Å². The van der Waals surface area contributed by atoms with E-state index in [-0.39, 0.29) is 6.04 Å². The molecule has 0 aliphatic heterocycles. The Labute approximate surface area is 121 Å². The monoisotopic (exact) mass is 275 g/mol. The Balaban J connectivity index is 2.34. The number of likely N-dealkylation sites (N-methyl/N-ethyl adjacent to an activating group) is 1. The van der Waals surface area contributed by atoms with Crippen molar-refractivity contribution < 1.29 is 0 Å². The molecular weight excluding hydrogens is 250 g/mol. The van der Waals surface area contributed by atoms with E-state index in [0.29, 0.717) is 0 Å². The van der Waals surface area contributed by atoms with E-state index < -0.39 is 0 Å². The van der Waals surface area contributed by atoms with Gasteiger partial charge in [0.05, 0.1) is 11.4 Å². The first-order valence-corrected chi connectivity index (χ1v) is 7.17. The molecule has 0 amide bonds. The van der Waals surface area contributed by atoms with Crippen LogP contribution in [0.2, 0.25) is 0 Å². The zero-order valence-electron chi connectivity index (χ0n) is 13.4. The Bertz CT molecular complexity index is 594. The van der Waals surface area contributed by atoms with E-state index in [0.717, 1.165) is 24.4 Å². The maximum atomic E-state index is 4.54. The summed E-state index contributed by atoms with van der Waals surface area (Å²) in [6.45, 7) is 9.33. The van der Waals surface area contributed by atoms with Crippen LogP contribution in [0.15, 0.2) is 6.07 Å². The molecule has 110 valence electrons. The molecule has 0 saturated heterocycles. The van der Waals surface area contributed by atoms with Crippen molar-refractivity contribution in [3.8, 4) is 0 Å². The lowest BCUT2D eigenvalue weighted by atomic mass is 9.99. The third-order valence-electron chi connectivity index (χ3n) is 3.88. The summed E-state index contributed by atoms with van der Waals surface area (Å²) in [6, 6.07) is 2.44. The molecule has 2 aromatic rings. The molecule has 0 spiro atoms. The van der Waals surface area contributed by atoms with E-state index in [1.807, 2.05) is 30.4 Å². The van der Waals surface area contributed by atoms with E-state index in [4.69, 9.17) is 0 Å². The molecule has 1 N–H and O–H groups in total. The molecule has 0 saturated carbocycles. The quantitative estimate of drug-likeness (QED) is 0.907. The highest BCUT2D eigenvalue weighted by Gasteiger charge is 2.21. The highest BCUT2D eigenvalue weighted by molar-refractivity contribution is 5.29. The smallest absolute Gasteiger partial charge is 0.0644 e. The topological polar surface area (TPSA) is 47.7 Å². The van der Waals surface area contributed by atoms with E-state index in [9.17, 15) is 0 Å². The van der Waals surface area contributed by atoms with Crippen LogP contribution in [0.1, 0.15) is 41.3 Å². The van der Waals surface area contributed by atoms with Crippen LogP contribution in [-0.4, -0.2) is 26.1 Å². The van der Waals surface area contributed by atoms with Gasteiger partial charge in [-0.1, -0.05) is 6.92 Å². The van der Waals surface area contributed by atoms with Crippen molar-refractivity contribution in [2.24, 2.45) is 14.1 Å². The van der Waals surface area contributed by atoms with Gasteiger partial charge in [0, 0.05) is 43.5 Å². The molecule has 0 radical (unpaired) electrons. The summed E-state index contributed by atoms with van der Waals surface area (Å²) < 4.78 is 3.93. The Kier molecular flexibility index (Phi) is 4.28. The molecular formula is C15H25N5. The van der Waals surface area contributed by atoms with Gasteiger partial charge in [-0.3, -0.25) is 9.36 Å². The van der Waals surface area contributed by atoms with Crippen LogP contribution in [0.25, 0.3) is 0 Å². The lowest BCUT2D eigenvalue weighted by Crippen LogP contribution is -2.25. The van der Waals surface area contributed by atoms with Crippen molar-refractivity contribution >= 4 is 0 Å². The first-order valence-electron chi connectivity index (χ1n) is 7.17. The van der Waals surface area contributed by atoms with Crippen LogP contribution in [0, 0.1) is 20.8 Å². The van der Waals surface area contributed by atoms with Crippen LogP contribution < -0.4 is 5.32 Å². The molecule has 1 atom stereocenters. The number of rotatable bonds is 5. The summed E-state index contributed by atoms with van der Waals surface area (Å²) in [5.41, 5.74) is 5.96. The fourth-order valence-electron chi connectivity index (χ4n) is 2.88. The standard InChI is InChI=1S/C15H25N5/c1-7-16-14(9-13-8-10(2)17-20(13)6)15-11(3)18-19(5)12(15)4/h8,14,16H,7,9H2,1-6H3. The molecule has 2 heterocycles. The largest absolute Gasteiger partial charge is 0.310 e. The second-order valence-corrected chi connectivity index (χ2v) is 5.42. The van der Waals surface area contributed by atoms with Gasteiger partial charge in [0.15, 0.2) is 0 Å². The van der Waals surface area contributed by atoms with Crippen molar-refractivity contribution in [2.75, 3.05) is 6.54 Å². The van der Waals surface area contributed by atoms with Gasteiger partial charge in [-0.05, 0) is 33.4 Å². The van der Waals surface area contributed by atoms with Crippen LogP contribution in [0.4, 0.5) is 0 Å². The van der Waals surface area contributed by atoms with Crippen LogP contribution in [0.5, 0.6) is 0 Å². The van der Waals surface area contributed by atoms with Gasteiger partial charge in [0.25, 0.3) is 0 Å². The molecule has 0 aliphatic rings. The zero-order valence-corrected chi connectivity index (χ0v) is 13.4. The van der Waals surface area contributed by atoms with Crippen LogP contribution in [-0.2, 0) is 20.5 Å². The molecule has 1 unspecified atom stereocenters. The second kappa shape index (κ2) is 5.79. The van der Waals surface area contributed by atoms with E-state index in [1.165, 1.54) is 17.0 Å². The van der Waals surface area contributed by atoms with E-state index in [2.05, 4.69) is 42.4 Å². The van der Waals surface area contributed by atoms with Gasteiger partial charge < -0.3 is 5.32 Å². The summed E-state index contributed by atoms with van der Waals surface area (Å²) in [6.07, 6.45) is 0.929. The molecule has 2 rings (SSSR count). The molecule has 20 heavy (non-hydrogen) atoms. The Morgan fingerprint density at radius 3 is 2.30 bits per heavy atom. The van der Waals surface area contributed by atoms with Crippen LogP contribution >= 0.6 is 0 Å². The number of aromatic nitrogens is 4. The third-order valence-corrected chi connectivity index (χ3v) is 3.88. The molecule has 0 bridgehead atoms. The lowest BCUT2D eigenvalue weighted by molar-refractivity contribution is 0.524. The summed E-state index contributed by atoms with van der Waals surface area (Å²) in [5, 5.41) is 12.6. The average Bonchev–Trinajstić information content (AvgIpc) is 2.79. The zero-order chi connectivity index (χ0) is 14.9. The van der Waals surface area contributed by atoms with Gasteiger partial charge in [-0.15, -0.1) is 0 Å². The van der Waals surface area contributed by atoms with Gasteiger partial charge >= 0.3 is 0 Å². The highest BCUT2D eigenvalue weighted by Crippen LogP contribution is 2.24. The first kappa shape index (κ1) is 14.8. The maximum Gasteiger partial charge on any atom is 0.0644 e. The summed E-state index contributed by atoms with van der Waals surface area (Å²) in [4.78, 5) is 0. The SMILES string of the molecule is CCNC(Cc1cc(C)nn1C)c1c(C)nn(C)c1C. The fourth-order valence-corrected chi connectivity index (χ4v) is 2.88. The maximum absolute atomic E-state index is 4.54. The molecule has 0 aliphatic carbocycles. The number of aryl methyl sites for hydroxylation is 4. The van der Waals surface area contributed by atoms with Gasteiger partial charge in [0.2, 0.25) is 0 Å². The normalized spacial score (nSPS) is 12.9. The van der Waals surface area contributed by atoms with Gasteiger partial charge in [0.1, 0.15) is 0 Å². The van der Waals surface area contributed by atoms with Crippen molar-refractivity contribution in [1.82, 2.24) is 24.9 Å². The van der Waals surface area contributed by atoms with Crippen molar-refractivity contribution in [3.05, 3.63) is 34.4 Å². The number of nitrogens with zero attached hydrogens (tertiary/aromatic N) is 4. The van der Waals surface area contributed by atoms with E-state index in [1.54, 1.807) is 0 Å². The van der Waals surface area contributed by atoms with Gasteiger partial charge in [-0.25, -0.2) is 0 Å². The Morgan fingerprint density at radius 1 is 1.15 bits per heavy atom. The molecule has 2 aromatic heterocycles. The summed E-state index contributed by atoms with van der Waals surface area (Å²) >= 11 is 0. The summed E-state index contributed by atoms with van der Waals surface area (Å²) in [5.74, 6) is 0. The van der Waals surface area contributed by atoms with Crippen molar-refractivity contribution in [3.63, 3.8) is 0 Å². The predicted octanol–water partition coefficient (Wildman–Crippen LogP) is 1.97. The number of nitrogens with one attached hydrogen (secondary N) is 1. The molecule has 5 heteroatoms. The third kappa shape index (κ3) is 2.77. The minimum Gasteiger partial charge on any atom is -0.310 e. The van der Waals surface area contributed by atoms with Crippen molar-refractivity contribution in [1.29, 1.82) is 0 Å². The number of hydrogen-bond donors (Lipinski definition) is 1. The summed E-state index contributed by atoms with van der Waals surface area (Å²) in [7, 11) is 4.01. The lowest BCUT2D eigenvalue weighted by Gasteiger charge is -2.19. The minimum atomic E-state index is 0.281.